The molecule has 2 aromatic rings. The maximum atomic E-state index is 12.6. The summed E-state index contributed by atoms with van der Waals surface area (Å²) in [6, 6.07) is 4.71. The van der Waals surface area contributed by atoms with Gasteiger partial charge in [-0.25, -0.2) is 0 Å². The van der Waals surface area contributed by atoms with Crippen LogP contribution in [0.15, 0.2) is 29.0 Å². The zero-order chi connectivity index (χ0) is 16.7. The average Bonchev–Trinajstić information content (AvgIpc) is 3.20. The van der Waals surface area contributed by atoms with E-state index in [1.165, 1.54) is 5.56 Å². The summed E-state index contributed by atoms with van der Waals surface area (Å²) in [5.41, 5.74) is 3.19. The number of carbonyl (C=O) groups excluding carboxylic acids is 1. The molecule has 2 fully saturated rings. The molecule has 4 rings (SSSR count). The summed E-state index contributed by atoms with van der Waals surface area (Å²) in [5.74, 6) is 1.06. The number of nitrogens with zero attached hydrogens (tertiary/aromatic N) is 4. The number of fused-ring (bicyclic) bond motifs is 1. The zero-order valence-electron chi connectivity index (χ0n) is 14.1. The lowest BCUT2D eigenvalue weighted by atomic mass is 10.1. The summed E-state index contributed by atoms with van der Waals surface area (Å²) in [7, 11) is 0. The van der Waals surface area contributed by atoms with Gasteiger partial charge in [0, 0.05) is 49.6 Å². The third kappa shape index (κ3) is 2.60. The molecule has 2 saturated heterocycles. The van der Waals surface area contributed by atoms with E-state index in [1.807, 2.05) is 43.3 Å². The quantitative estimate of drug-likeness (QED) is 0.860. The molecule has 126 valence electrons. The van der Waals surface area contributed by atoms with E-state index in [9.17, 15) is 4.79 Å². The third-order valence-corrected chi connectivity index (χ3v) is 5.37. The Morgan fingerprint density at radius 1 is 1.21 bits per heavy atom. The van der Waals surface area contributed by atoms with Gasteiger partial charge in [0.25, 0.3) is 0 Å². The summed E-state index contributed by atoms with van der Waals surface area (Å²) in [6.07, 6.45) is 5.29. The second-order valence-corrected chi connectivity index (χ2v) is 6.78. The Balaban J connectivity index is 1.49. The first-order valence-electron chi connectivity index (χ1n) is 8.47. The fourth-order valence-electron chi connectivity index (χ4n) is 4.03. The van der Waals surface area contributed by atoms with E-state index in [0.717, 1.165) is 36.5 Å². The van der Waals surface area contributed by atoms with E-state index in [-0.39, 0.29) is 5.91 Å². The van der Waals surface area contributed by atoms with Gasteiger partial charge in [0.15, 0.2) is 0 Å². The highest BCUT2D eigenvalue weighted by atomic mass is 16.5. The fraction of sp³-hybridized carbons (Fsp3) is 0.500. The van der Waals surface area contributed by atoms with E-state index in [4.69, 9.17) is 4.52 Å². The van der Waals surface area contributed by atoms with Crippen molar-refractivity contribution in [3.8, 4) is 0 Å². The average molecular weight is 326 g/mol. The second-order valence-electron chi connectivity index (χ2n) is 6.78. The van der Waals surface area contributed by atoms with Gasteiger partial charge in [-0.2, -0.15) is 0 Å². The minimum atomic E-state index is 0.240. The molecule has 0 saturated carbocycles. The van der Waals surface area contributed by atoms with Crippen molar-refractivity contribution in [1.29, 1.82) is 0 Å². The Hall–Kier alpha value is -2.21. The molecule has 0 aliphatic carbocycles. The molecule has 2 aliphatic rings. The second kappa shape index (κ2) is 6.02. The number of aryl methyl sites for hydroxylation is 2. The Morgan fingerprint density at radius 2 is 2.00 bits per heavy atom. The molecule has 6 nitrogen and oxygen atoms in total. The molecule has 2 aliphatic heterocycles. The van der Waals surface area contributed by atoms with Crippen LogP contribution in [-0.2, 0) is 17.9 Å². The maximum absolute atomic E-state index is 12.6. The van der Waals surface area contributed by atoms with Crippen molar-refractivity contribution >= 4 is 5.91 Å². The Kier molecular flexibility index (Phi) is 3.84. The van der Waals surface area contributed by atoms with Gasteiger partial charge < -0.3 is 9.42 Å². The van der Waals surface area contributed by atoms with E-state index >= 15 is 0 Å². The minimum absolute atomic E-state index is 0.240. The topological polar surface area (TPSA) is 62.5 Å². The fourth-order valence-corrected chi connectivity index (χ4v) is 4.03. The first kappa shape index (κ1) is 15.3. The van der Waals surface area contributed by atoms with Crippen molar-refractivity contribution in [3.05, 3.63) is 47.1 Å². The number of likely N-dealkylation sites (tertiary alicyclic amines) is 2. The Morgan fingerprint density at radius 3 is 2.71 bits per heavy atom. The number of rotatable bonds is 4. The molecule has 0 N–H and O–H groups in total. The molecule has 0 radical (unpaired) electrons. The molecule has 0 bridgehead atoms. The molecule has 0 spiro atoms. The minimum Gasteiger partial charge on any atom is -0.361 e. The highest BCUT2D eigenvalue weighted by Crippen LogP contribution is 2.35. The monoisotopic (exact) mass is 326 g/mol. The van der Waals surface area contributed by atoms with Crippen molar-refractivity contribution in [3.63, 3.8) is 0 Å². The molecular weight excluding hydrogens is 304 g/mol. The Bertz CT molecular complexity index is 723. The van der Waals surface area contributed by atoms with Crippen LogP contribution in [0.25, 0.3) is 0 Å². The van der Waals surface area contributed by atoms with Crippen LogP contribution in [0, 0.1) is 13.8 Å². The van der Waals surface area contributed by atoms with Crippen LogP contribution in [0.5, 0.6) is 0 Å². The zero-order valence-corrected chi connectivity index (χ0v) is 14.1. The molecule has 2 aromatic heterocycles. The van der Waals surface area contributed by atoms with Gasteiger partial charge in [-0.1, -0.05) is 5.16 Å². The summed E-state index contributed by atoms with van der Waals surface area (Å²) in [6.45, 7) is 6.38. The third-order valence-electron chi connectivity index (χ3n) is 5.37. The predicted octanol–water partition coefficient (Wildman–Crippen LogP) is 2.06. The lowest BCUT2D eigenvalue weighted by Gasteiger charge is -2.25. The standard InChI is InChI=1S/C18H22N4O2/c1-12-15(13(2)24-20-12)11-22-16-5-8-21(17(16)9-18(22)23)10-14-3-6-19-7-4-14/h3-4,6-7,16-17H,5,8-11H2,1-2H3/t16-,17-/m0/s1. The number of aromatic nitrogens is 2. The number of carbonyl (C=O) groups is 1. The van der Waals surface area contributed by atoms with Crippen LogP contribution in [0.4, 0.5) is 0 Å². The summed E-state index contributed by atoms with van der Waals surface area (Å²) in [5, 5.41) is 4.01. The van der Waals surface area contributed by atoms with Gasteiger partial charge in [0.1, 0.15) is 5.76 Å². The number of hydrogen-bond donors (Lipinski definition) is 0. The molecule has 4 heterocycles. The van der Waals surface area contributed by atoms with Gasteiger partial charge in [0.05, 0.1) is 12.2 Å². The van der Waals surface area contributed by atoms with E-state index in [0.29, 0.717) is 25.0 Å². The van der Waals surface area contributed by atoms with Crippen LogP contribution < -0.4 is 0 Å². The maximum Gasteiger partial charge on any atom is 0.224 e. The smallest absolute Gasteiger partial charge is 0.224 e. The summed E-state index contributed by atoms with van der Waals surface area (Å²) >= 11 is 0. The van der Waals surface area contributed by atoms with Crippen LogP contribution >= 0.6 is 0 Å². The van der Waals surface area contributed by atoms with Gasteiger partial charge >= 0.3 is 0 Å². The summed E-state index contributed by atoms with van der Waals surface area (Å²) < 4.78 is 5.25. The van der Waals surface area contributed by atoms with Gasteiger partial charge in [-0.15, -0.1) is 0 Å². The van der Waals surface area contributed by atoms with Gasteiger partial charge in [-0.3, -0.25) is 14.7 Å². The highest BCUT2D eigenvalue weighted by molar-refractivity contribution is 5.80. The van der Waals surface area contributed by atoms with E-state index in [2.05, 4.69) is 15.0 Å². The number of hydrogen-bond acceptors (Lipinski definition) is 5. The normalized spacial score (nSPS) is 23.9. The predicted molar refractivity (Wildman–Crippen MR) is 88.0 cm³/mol. The van der Waals surface area contributed by atoms with Crippen molar-refractivity contribution in [1.82, 2.24) is 19.9 Å². The largest absolute Gasteiger partial charge is 0.361 e. The molecule has 1 amide bonds. The van der Waals surface area contributed by atoms with Crippen LogP contribution in [0.1, 0.15) is 35.4 Å². The van der Waals surface area contributed by atoms with Crippen molar-refractivity contribution < 1.29 is 9.32 Å². The number of amides is 1. The lowest BCUT2D eigenvalue weighted by molar-refractivity contribution is -0.129. The summed E-state index contributed by atoms with van der Waals surface area (Å²) in [4.78, 5) is 21.1. The van der Waals surface area contributed by atoms with Crippen molar-refractivity contribution in [2.75, 3.05) is 6.54 Å². The van der Waals surface area contributed by atoms with Crippen molar-refractivity contribution in [2.45, 2.75) is 51.9 Å². The number of pyridine rings is 1. The molecule has 0 aromatic carbocycles. The first-order valence-corrected chi connectivity index (χ1v) is 8.47. The van der Waals surface area contributed by atoms with Gasteiger partial charge in [-0.05, 0) is 38.0 Å². The molecular formula is C18H22N4O2. The van der Waals surface area contributed by atoms with E-state index < -0.39 is 0 Å². The van der Waals surface area contributed by atoms with Crippen molar-refractivity contribution in [2.24, 2.45) is 0 Å². The highest BCUT2D eigenvalue weighted by Gasteiger charge is 2.46. The van der Waals surface area contributed by atoms with Crippen LogP contribution in [0.3, 0.4) is 0 Å². The first-order chi connectivity index (χ1) is 11.6. The molecule has 0 unspecified atom stereocenters. The van der Waals surface area contributed by atoms with E-state index in [1.54, 1.807) is 0 Å². The molecule has 2 atom stereocenters. The lowest BCUT2D eigenvalue weighted by Crippen LogP contribution is -2.36. The van der Waals surface area contributed by atoms with Crippen LogP contribution in [-0.4, -0.2) is 44.5 Å². The Labute approximate surface area is 141 Å². The van der Waals surface area contributed by atoms with Crippen LogP contribution in [0.2, 0.25) is 0 Å². The van der Waals surface area contributed by atoms with Gasteiger partial charge in [0.2, 0.25) is 5.91 Å². The molecule has 6 heteroatoms. The SMILES string of the molecule is Cc1noc(C)c1CN1C(=O)C[C@H]2[C@@H]1CCN2Cc1ccncc1. The molecule has 24 heavy (non-hydrogen) atoms.